The molecule has 1 aliphatic rings. The number of imidazole rings is 1. The highest BCUT2D eigenvalue weighted by Crippen LogP contribution is 2.37. The van der Waals surface area contributed by atoms with Gasteiger partial charge in [0.2, 0.25) is 0 Å². The number of pyridine rings is 2. The molecule has 0 spiro atoms. The zero-order valence-electron chi connectivity index (χ0n) is 23.6. The zero-order chi connectivity index (χ0) is 33.4. The number of alkyl halides is 6. The van der Waals surface area contributed by atoms with E-state index >= 15 is 8.78 Å². The van der Waals surface area contributed by atoms with Gasteiger partial charge in [-0.05, 0) is 36.4 Å². The number of nitrogens with one attached hydrogen (secondary N) is 1. The van der Waals surface area contributed by atoms with Crippen LogP contribution in [0.1, 0.15) is 21.6 Å². The Labute approximate surface area is 254 Å². The highest BCUT2D eigenvalue weighted by atomic mass is 19.4. The number of fused-ring (bicyclic) bond motifs is 1. The number of hydrogen-bond acceptors (Lipinski definition) is 7. The van der Waals surface area contributed by atoms with Crippen molar-refractivity contribution in [2.24, 2.45) is 0 Å². The van der Waals surface area contributed by atoms with E-state index in [2.05, 4.69) is 15.3 Å². The van der Waals surface area contributed by atoms with Crippen LogP contribution >= 0.6 is 0 Å². The normalized spacial score (nSPS) is 16.4. The molecule has 0 saturated carbocycles. The van der Waals surface area contributed by atoms with E-state index in [0.717, 1.165) is 24.1 Å². The summed E-state index contributed by atoms with van der Waals surface area (Å²) in [6.45, 7) is -1.21. The van der Waals surface area contributed by atoms with Gasteiger partial charge in [0.15, 0.2) is 0 Å². The van der Waals surface area contributed by atoms with Crippen LogP contribution in [0.2, 0.25) is 0 Å². The number of hydrogen-bond donors (Lipinski definition) is 1. The van der Waals surface area contributed by atoms with E-state index in [1.54, 1.807) is 0 Å². The van der Waals surface area contributed by atoms with Gasteiger partial charge >= 0.3 is 18.3 Å². The van der Waals surface area contributed by atoms with Gasteiger partial charge in [-0.2, -0.15) is 26.3 Å². The van der Waals surface area contributed by atoms with Crippen molar-refractivity contribution < 1.29 is 54.2 Å². The van der Waals surface area contributed by atoms with Gasteiger partial charge in [0.25, 0.3) is 5.91 Å². The number of carbonyl (C=O) groups is 2. The van der Waals surface area contributed by atoms with Gasteiger partial charge in [0.1, 0.15) is 34.9 Å². The Balaban J connectivity index is 1.43. The largest absolute Gasteiger partial charge is 0.467 e. The molecule has 17 heteroatoms. The van der Waals surface area contributed by atoms with Crippen LogP contribution in [0, 0.1) is 11.6 Å². The fraction of sp³-hybridized carbons (Fsp3) is 0.310. The Kier molecular flexibility index (Phi) is 8.88. The molecule has 0 radical (unpaired) electrons. The Morgan fingerprint density at radius 1 is 1.07 bits per heavy atom. The number of amides is 1. The number of morpholine rings is 1. The highest BCUT2D eigenvalue weighted by Gasteiger charge is 2.46. The molecule has 5 rings (SSSR count). The lowest BCUT2D eigenvalue weighted by molar-refractivity contribution is -0.167. The number of anilines is 1. The fourth-order valence-corrected chi connectivity index (χ4v) is 5.17. The van der Waals surface area contributed by atoms with E-state index in [9.17, 15) is 35.9 Å². The average Bonchev–Trinajstić information content (AvgIpc) is 3.50. The molecule has 46 heavy (non-hydrogen) atoms. The van der Waals surface area contributed by atoms with Crippen molar-refractivity contribution in [2.75, 3.05) is 31.8 Å². The first-order valence-corrected chi connectivity index (χ1v) is 13.5. The van der Waals surface area contributed by atoms with Crippen LogP contribution in [0.25, 0.3) is 16.9 Å². The number of halogens is 8. The Morgan fingerprint density at radius 3 is 2.43 bits per heavy atom. The molecule has 0 aliphatic carbocycles. The Morgan fingerprint density at radius 2 is 1.78 bits per heavy atom. The number of benzene rings is 1. The molecule has 1 saturated heterocycles. The van der Waals surface area contributed by atoms with Gasteiger partial charge in [-0.25, -0.2) is 18.6 Å². The minimum absolute atomic E-state index is 0.0117. The summed E-state index contributed by atoms with van der Waals surface area (Å²) in [6, 6.07) is 2.06. The summed E-state index contributed by atoms with van der Waals surface area (Å²) in [7, 11) is 0.993. The monoisotopic (exact) mass is 657 g/mol. The van der Waals surface area contributed by atoms with Crippen LogP contribution in [0.5, 0.6) is 0 Å². The van der Waals surface area contributed by atoms with E-state index in [4.69, 9.17) is 9.47 Å². The van der Waals surface area contributed by atoms with Crippen LogP contribution in [0.3, 0.4) is 0 Å². The lowest BCUT2D eigenvalue weighted by Gasteiger charge is -2.38. The molecule has 2 atom stereocenters. The van der Waals surface area contributed by atoms with Crippen molar-refractivity contribution in [3.63, 3.8) is 0 Å². The predicted molar refractivity (Wildman–Crippen MR) is 145 cm³/mol. The third-order valence-corrected chi connectivity index (χ3v) is 7.30. The topological polar surface area (TPSA) is 98.1 Å². The molecule has 4 heterocycles. The highest BCUT2D eigenvalue weighted by molar-refractivity contribution is 5.97. The Bertz CT molecular complexity index is 1750. The smallest absolute Gasteiger partial charge is 0.418 e. The zero-order valence-corrected chi connectivity index (χ0v) is 23.6. The first-order chi connectivity index (χ1) is 21.7. The summed E-state index contributed by atoms with van der Waals surface area (Å²) in [5, 5.41) is 2.18. The number of rotatable bonds is 7. The number of aromatic nitrogens is 3. The van der Waals surface area contributed by atoms with Crippen LogP contribution in [-0.2, 0) is 26.9 Å². The van der Waals surface area contributed by atoms with Crippen molar-refractivity contribution in [2.45, 2.75) is 30.9 Å². The summed E-state index contributed by atoms with van der Waals surface area (Å²) in [5.41, 5.74) is -2.76. The lowest BCUT2D eigenvalue weighted by Crippen LogP contribution is -2.53. The van der Waals surface area contributed by atoms with E-state index in [1.165, 1.54) is 35.1 Å². The number of nitrogens with zero attached hydrogens (tertiary/aromatic N) is 4. The first kappa shape index (κ1) is 32.6. The van der Waals surface area contributed by atoms with E-state index in [-0.39, 0.29) is 36.5 Å². The summed E-state index contributed by atoms with van der Waals surface area (Å²) >= 11 is 0. The molecule has 1 amide bonds. The van der Waals surface area contributed by atoms with Crippen LogP contribution in [-0.4, -0.2) is 71.4 Å². The molecule has 0 unspecified atom stereocenters. The number of esters is 1. The second kappa shape index (κ2) is 12.5. The molecule has 4 aromatic rings. The maximum Gasteiger partial charge on any atom is 0.418 e. The molecule has 1 N–H and O–H groups in total. The van der Waals surface area contributed by atoms with Gasteiger partial charge < -0.3 is 24.1 Å². The van der Waals surface area contributed by atoms with E-state index in [0.29, 0.717) is 12.1 Å². The minimum Gasteiger partial charge on any atom is -0.467 e. The predicted octanol–water partition coefficient (Wildman–Crippen LogP) is 4.97. The molecule has 1 aliphatic heterocycles. The van der Waals surface area contributed by atoms with Crippen molar-refractivity contribution >= 4 is 23.2 Å². The lowest BCUT2D eigenvalue weighted by atomic mass is 10.0. The second-order valence-corrected chi connectivity index (χ2v) is 10.1. The van der Waals surface area contributed by atoms with Crippen molar-refractivity contribution in [1.29, 1.82) is 0 Å². The number of ether oxygens (including phenoxy) is 2. The SMILES string of the molecule is COC(=O)[C@H](Cc1ccc(-c2ncccc2C(F)(F)F)c2nccn12)NC(=O)c1c(F)cc(N2CCOC[C@@H]2C(F)(F)F)cc1F. The van der Waals surface area contributed by atoms with E-state index < -0.39 is 77.1 Å². The molecular weight excluding hydrogens is 634 g/mol. The van der Waals surface area contributed by atoms with Crippen LogP contribution in [0.15, 0.2) is 55.0 Å². The van der Waals surface area contributed by atoms with Gasteiger partial charge in [0.05, 0.1) is 31.6 Å². The maximum absolute atomic E-state index is 15.1. The van der Waals surface area contributed by atoms with Crippen LogP contribution < -0.4 is 10.2 Å². The third kappa shape index (κ3) is 6.45. The summed E-state index contributed by atoms with van der Waals surface area (Å²) < 4.78 is 123. The fourth-order valence-electron chi connectivity index (χ4n) is 5.17. The molecule has 1 aromatic carbocycles. The summed E-state index contributed by atoms with van der Waals surface area (Å²) in [4.78, 5) is 34.4. The van der Waals surface area contributed by atoms with Gasteiger partial charge in [-0.15, -0.1) is 0 Å². The molecule has 3 aromatic heterocycles. The Hall–Kier alpha value is -4.80. The average molecular weight is 658 g/mol. The van der Waals surface area contributed by atoms with Gasteiger partial charge in [-0.1, -0.05) is 0 Å². The molecule has 244 valence electrons. The maximum atomic E-state index is 15.1. The molecule has 9 nitrogen and oxygen atoms in total. The van der Waals surface area contributed by atoms with Crippen molar-refractivity contribution in [1.82, 2.24) is 19.7 Å². The first-order valence-electron chi connectivity index (χ1n) is 13.5. The van der Waals surface area contributed by atoms with Crippen molar-refractivity contribution in [3.05, 3.63) is 83.4 Å². The molecule has 1 fully saturated rings. The summed E-state index contributed by atoms with van der Waals surface area (Å²) in [6.07, 6.45) is -6.01. The minimum atomic E-state index is -4.77. The van der Waals surface area contributed by atoms with Crippen LogP contribution in [0.4, 0.5) is 40.8 Å². The number of methoxy groups -OCH3 is 1. The molecule has 0 bridgehead atoms. The van der Waals surface area contributed by atoms with Gasteiger partial charge in [-0.3, -0.25) is 9.78 Å². The standard InChI is InChI=1S/C29H23F8N5O4/c1-45-27(44)21(13-15-4-5-17(25-39-7-8-42(15)25)24-18(28(32,33)34)3-2-6-38-24)40-26(43)23-19(30)11-16(12-20(23)31)41-9-10-46-14-22(41)29(35,36)37/h2-8,11-12,21-22H,9-10,13-14H2,1H3,(H,40,43)/t21-,22+/m0/s1. The number of carbonyl (C=O) groups excluding carboxylic acids is 2. The van der Waals surface area contributed by atoms with E-state index in [1.807, 2.05) is 0 Å². The quantitative estimate of drug-likeness (QED) is 0.221. The summed E-state index contributed by atoms with van der Waals surface area (Å²) in [5.74, 6) is -5.41. The second-order valence-electron chi connectivity index (χ2n) is 10.1. The third-order valence-electron chi connectivity index (χ3n) is 7.30. The van der Waals surface area contributed by atoms with Crippen molar-refractivity contribution in [3.8, 4) is 11.3 Å². The molecular formula is C29H23F8N5O4. The van der Waals surface area contributed by atoms with Gasteiger partial charge in [0, 0.05) is 48.5 Å².